The number of rotatable bonds is 2. The maximum Gasteiger partial charge on any atom is 0.573 e. The molecule has 0 saturated heterocycles. The normalized spacial score (nSPS) is 14.5. The van der Waals surface area contributed by atoms with Crippen molar-refractivity contribution in [1.82, 2.24) is 0 Å². The fourth-order valence-electron chi connectivity index (χ4n) is 1.10. The van der Waals surface area contributed by atoms with Gasteiger partial charge in [0.1, 0.15) is 5.75 Å². The summed E-state index contributed by atoms with van der Waals surface area (Å²) in [5, 5.41) is 8.86. The van der Waals surface area contributed by atoms with E-state index in [4.69, 9.17) is 5.11 Å². The SMILES string of the molecule is O[C@@H](c1ccccc1OC(F)(F)F)C(F)(F)F. The van der Waals surface area contributed by atoms with Crippen LogP contribution in [0.15, 0.2) is 24.3 Å². The molecule has 2 nitrogen and oxygen atoms in total. The highest BCUT2D eigenvalue weighted by molar-refractivity contribution is 5.35. The van der Waals surface area contributed by atoms with Crippen LogP contribution in [0.5, 0.6) is 5.75 Å². The Bertz CT molecular complexity index is 384. The van der Waals surface area contributed by atoms with E-state index in [2.05, 4.69) is 4.74 Å². The van der Waals surface area contributed by atoms with Gasteiger partial charge in [-0.2, -0.15) is 13.2 Å². The van der Waals surface area contributed by atoms with Crippen LogP contribution in [-0.4, -0.2) is 17.6 Å². The first-order valence-electron chi connectivity index (χ1n) is 4.21. The Balaban J connectivity index is 3.08. The zero-order chi connectivity index (χ0) is 13.3. The maximum absolute atomic E-state index is 12.2. The Morgan fingerprint density at radius 1 is 1.00 bits per heavy atom. The van der Waals surface area contributed by atoms with Crippen molar-refractivity contribution in [3.8, 4) is 5.75 Å². The average Bonchev–Trinajstić information content (AvgIpc) is 2.13. The Morgan fingerprint density at radius 2 is 1.53 bits per heavy atom. The van der Waals surface area contributed by atoms with E-state index in [0.29, 0.717) is 12.1 Å². The lowest BCUT2D eigenvalue weighted by Gasteiger charge is -2.18. The third-order valence-electron chi connectivity index (χ3n) is 1.75. The molecule has 0 amide bonds. The second-order valence-electron chi connectivity index (χ2n) is 3.03. The summed E-state index contributed by atoms with van der Waals surface area (Å²) in [7, 11) is 0. The molecule has 0 radical (unpaired) electrons. The van der Waals surface area contributed by atoms with E-state index in [1.807, 2.05) is 0 Å². The van der Waals surface area contributed by atoms with Crippen molar-refractivity contribution in [2.75, 3.05) is 0 Å². The smallest absolute Gasteiger partial charge is 0.405 e. The number of hydrogen-bond acceptors (Lipinski definition) is 2. The lowest BCUT2D eigenvalue weighted by molar-refractivity contribution is -0.276. The van der Waals surface area contributed by atoms with E-state index in [-0.39, 0.29) is 0 Å². The number of aliphatic hydroxyl groups excluding tert-OH is 1. The van der Waals surface area contributed by atoms with Gasteiger partial charge in [-0.3, -0.25) is 0 Å². The van der Waals surface area contributed by atoms with Crippen LogP contribution in [0.2, 0.25) is 0 Å². The topological polar surface area (TPSA) is 29.5 Å². The van der Waals surface area contributed by atoms with Crippen molar-refractivity contribution in [3.05, 3.63) is 29.8 Å². The molecule has 17 heavy (non-hydrogen) atoms. The van der Waals surface area contributed by atoms with E-state index < -0.39 is 30.0 Å². The maximum atomic E-state index is 12.2. The summed E-state index contributed by atoms with van der Waals surface area (Å²) in [6.07, 6.45) is -13.2. The van der Waals surface area contributed by atoms with Gasteiger partial charge in [0.05, 0.1) is 0 Å². The molecule has 0 aliphatic carbocycles. The number of alkyl halides is 6. The minimum Gasteiger partial charge on any atom is -0.405 e. The molecule has 96 valence electrons. The van der Waals surface area contributed by atoms with Crippen molar-refractivity contribution in [3.63, 3.8) is 0 Å². The molecule has 8 heteroatoms. The van der Waals surface area contributed by atoms with Crippen LogP contribution in [0.3, 0.4) is 0 Å². The molecule has 0 aromatic heterocycles. The molecule has 1 N–H and O–H groups in total. The molecule has 0 spiro atoms. The van der Waals surface area contributed by atoms with Crippen LogP contribution in [-0.2, 0) is 0 Å². The fourth-order valence-corrected chi connectivity index (χ4v) is 1.10. The van der Waals surface area contributed by atoms with E-state index in [1.165, 1.54) is 0 Å². The van der Waals surface area contributed by atoms with Gasteiger partial charge in [0.15, 0.2) is 6.10 Å². The number of para-hydroxylation sites is 1. The second-order valence-corrected chi connectivity index (χ2v) is 3.03. The molecule has 1 aromatic carbocycles. The Hall–Kier alpha value is -1.44. The summed E-state index contributed by atoms with van der Waals surface area (Å²) in [5.74, 6) is -1.08. The minimum absolute atomic E-state index is 0.692. The number of ether oxygens (including phenoxy) is 1. The largest absolute Gasteiger partial charge is 0.573 e. The second kappa shape index (κ2) is 4.44. The van der Waals surface area contributed by atoms with Crippen molar-refractivity contribution in [1.29, 1.82) is 0 Å². The molecule has 1 aromatic rings. The van der Waals surface area contributed by atoms with Gasteiger partial charge >= 0.3 is 12.5 Å². The predicted octanol–water partition coefficient (Wildman–Crippen LogP) is 3.18. The Labute approximate surface area is 91.4 Å². The average molecular weight is 260 g/mol. The molecule has 0 aliphatic rings. The van der Waals surface area contributed by atoms with E-state index in [0.717, 1.165) is 12.1 Å². The minimum atomic E-state index is -5.12. The summed E-state index contributed by atoms with van der Waals surface area (Å²) >= 11 is 0. The van der Waals surface area contributed by atoms with Gasteiger partial charge in [-0.05, 0) is 6.07 Å². The highest BCUT2D eigenvalue weighted by Gasteiger charge is 2.42. The molecule has 1 atom stereocenters. The molecule has 0 bridgehead atoms. The fraction of sp³-hybridized carbons (Fsp3) is 0.333. The summed E-state index contributed by atoms with van der Waals surface area (Å²) in [4.78, 5) is 0. The van der Waals surface area contributed by atoms with Crippen LogP contribution < -0.4 is 4.74 Å². The van der Waals surface area contributed by atoms with Crippen molar-refractivity contribution in [2.45, 2.75) is 18.6 Å². The standard InChI is InChI=1S/C9H6F6O2/c10-8(11,12)7(16)5-3-1-2-4-6(5)17-9(13,14)15/h1-4,7,16H/t7-/m0/s1. The molecular weight excluding hydrogens is 254 g/mol. The predicted molar refractivity (Wildman–Crippen MR) is 44.1 cm³/mol. The number of hydrogen-bond donors (Lipinski definition) is 1. The van der Waals surface area contributed by atoms with Gasteiger partial charge in [0.2, 0.25) is 0 Å². The van der Waals surface area contributed by atoms with E-state index in [9.17, 15) is 26.3 Å². The zero-order valence-corrected chi connectivity index (χ0v) is 8.01. The molecule has 0 saturated carbocycles. The van der Waals surface area contributed by atoms with Gasteiger partial charge in [-0.15, -0.1) is 13.2 Å². The van der Waals surface area contributed by atoms with Gasteiger partial charge < -0.3 is 9.84 Å². The molecule has 1 rings (SSSR count). The van der Waals surface area contributed by atoms with Gasteiger partial charge in [0.25, 0.3) is 0 Å². The molecule has 0 fully saturated rings. The quantitative estimate of drug-likeness (QED) is 0.827. The monoisotopic (exact) mass is 260 g/mol. The first kappa shape index (κ1) is 13.6. The zero-order valence-electron chi connectivity index (χ0n) is 8.01. The Kier molecular flexibility index (Phi) is 3.56. The van der Waals surface area contributed by atoms with E-state index in [1.54, 1.807) is 0 Å². The van der Waals surface area contributed by atoms with Crippen molar-refractivity contribution >= 4 is 0 Å². The van der Waals surface area contributed by atoms with Gasteiger partial charge in [0, 0.05) is 5.56 Å². The van der Waals surface area contributed by atoms with Crippen LogP contribution in [0.25, 0.3) is 0 Å². The highest BCUT2D eigenvalue weighted by atomic mass is 19.4. The van der Waals surface area contributed by atoms with Crippen molar-refractivity contribution in [2.24, 2.45) is 0 Å². The third kappa shape index (κ3) is 3.81. The molecule has 0 aliphatic heterocycles. The number of benzene rings is 1. The summed E-state index contributed by atoms with van der Waals surface area (Å²) in [6.45, 7) is 0. The lowest BCUT2D eigenvalue weighted by atomic mass is 10.1. The first-order valence-corrected chi connectivity index (χ1v) is 4.21. The van der Waals surface area contributed by atoms with Crippen LogP contribution in [0.4, 0.5) is 26.3 Å². The number of aliphatic hydroxyl groups is 1. The van der Waals surface area contributed by atoms with Crippen LogP contribution >= 0.6 is 0 Å². The molecular formula is C9H6F6O2. The van der Waals surface area contributed by atoms with Crippen LogP contribution in [0.1, 0.15) is 11.7 Å². The highest BCUT2D eigenvalue weighted by Crippen LogP contribution is 2.38. The third-order valence-corrected chi connectivity index (χ3v) is 1.75. The molecule has 0 heterocycles. The van der Waals surface area contributed by atoms with Crippen LogP contribution in [0, 0.1) is 0 Å². The molecule has 0 unspecified atom stereocenters. The summed E-state index contributed by atoms with van der Waals surface area (Å²) in [6, 6.07) is 3.53. The number of halogens is 6. The lowest BCUT2D eigenvalue weighted by Crippen LogP contribution is -2.23. The summed E-state index contributed by atoms with van der Waals surface area (Å²) in [5.41, 5.74) is -0.989. The van der Waals surface area contributed by atoms with Gasteiger partial charge in [-0.25, -0.2) is 0 Å². The Morgan fingerprint density at radius 3 is 2.00 bits per heavy atom. The first-order chi connectivity index (χ1) is 7.61. The van der Waals surface area contributed by atoms with Crippen molar-refractivity contribution < 1.29 is 36.2 Å². The van der Waals surface area contributed by atoms with E-state index >= 15 is 0 Å². The van der Waals surface area contributed by atoms with Gasteiger partial charge in [-0.1, -0.05) is 18.2 Å². The summed E-state index contributed by atoms with van der Waals surface area (Å²) < 4.78 is 75.6.